The van der Waals surface area contributed by atoms with Crippen LogP contribution in [0.15, 0.2) is 53.6 Å². The number of rotatable bonds is 5. The molecule has 0 bridgehead atoms. The minimum atomic E-state index is -0.341. The maximum Gasteiger partial charge on any atom is 0.277 e. The molecule has 2 aromatic carbocycles. The van der Waals surface area contributed by atoms with Gasteiger partial charge in [0.25, 0.3) is 5.91 Å². The lowest BCUT2D eigenvalue weighted by molar-refractivity contribution is -0.123. The molecule has 6 heteroatoms. The molecule has 3 rings (SSSR count). The second kappa shape index (κ2) is 7.31. The summed E-state index contributed by atoms with van der Waals surface area (Å²) in [5.41, 5.74) is 3.16. The number of hydrogen-bond acceptors (Lipinski definition) is 5. The highest BCUT2D eigenvalue weighted by atomic mass is 16.6. The average molecular weight is 312 g/mol. The maximum atomic E-state index is 11.7. The number of para-hydroxylation sites is 2. The number of hydrogen-bond donors (Lipinski definition) is 1. The first-order valence-corrected chi connectivity index (χ1v) is 7.21. The van der Waals surface area contributed by atoms with E-state index in [1.165, 1.54) is 6.21 Å². The van der Waals surface area contributed by atoms with Gasteiger partial charge in [0.15, 0.2) is 18.1 Å². The molecule has 0 fully saturated rings. The third-order valence-electron chi connectivity index (χ3n) is 3.10. The smallest absolute Gasteiger partial charge is 0.277 e. The van der Waals surface area contributed by atoms with E-state index in [0.29, 0.717) is 30.5 Å². The second-order valence-corrected chi connectivity index (χ2v) is 4.77. The Morgan fingerprint density at radius 1 is 1.13 bits per heavy atom. The van der Waals surface area contributed by atoms with Crippen LogP contribution in [0.2, 0.25) is 0 Å². The highest BCUT2D eigenvalue weighted by Gasteiger charge is 2.14. The first kappa shape index (κ1) is 14.9. The number of ether oxygens (including phenoxy) is 3. The van der Waals surface area contributed by atoms with Crippen LogP contribution < -0.4 is 19.6 Å². The van der Waals surface area contributed by atoms with E-state index in [1.54, 1.807) is 12.1 Å². The van der Waals surface area contributed by atoms with Gasteiger partial charge in [-0.05, 0) is 24.3 Å². The summed E-state index contributed by atoms with van der Waals surface area (Å²) in [4.78, 5) is 11.7. The Kier molecular flexibility index (Phi) is 4.73. The zero-order chi connectivity index (χ0) is 15.9. The zero-order valence-electron chi connectivity index (χ0n) is 12.4. The summed E-state index contributed by atoms with van der Waals surface area (Å²) in [6.45, 7) is 0.921. The van der Waals surface area contributed by atoms with Crippen molar-refractivity contribution in [2.45, 2.75) is 0 Å². The molecule has 0 atom stereocenters. The van der Waals surface area contributed by atoms with E-state index in [2.05, 4.69) is 10.5 Å². The van der Waals surface area contributed by atoms with Gasteiger partial charge in [0.05, 0.1) is 6.21 Å². The molecule has 1 amide bonds. The number of nitrogens with zero attached hydrogens (tertiary/aromatic N) is 1. The molecule has 0 unspecified atom stereocenters. The van der Waals surface area contributed by atoms with Crippen molar-refractivity contribution in [2.24, 2.45) is 5.10 Å². The van der Waals surface area contributed by atoms with Gasteiger partial charge >= 0.3 is 0 Å². The molecule has 0 saturated heterocycles. The molecule has 0 aliphatic carbocycles. The van der Waals surface area contributed by atoms with Gasteiger partial charge in [0.1, 0.15) is 19.0 Å². The van der Waals surface area contributed by atoms with Crippen molar-refractivity contribution < 1.29 is 19.0 Å². The predicted molar refractivity (Wildman–Crippen MR) is 85.1 cm³/mol. The predicted octanol–water partition coefficient (Wildman–Crippen LogP) is 1.99. The summed E-state index contributed by atoms with van der Waals surface area (Å²) in [5.74, 6) is 1.61. The molecule has 118 valence electrons. The fraction of sp³-hybridized carbons (Fsp3) is 0.176. The summed E-state index contributed by atoms with van der Waals surface area (Å²) in [7, 11) is 0. The van der Waals surface area contributed by atoms with Crippen LogP contribution in [-0.4, -0.2) is 31.9 Å². The number of carbonyl (C=O) groups excluding carboxylic acids is 1. The fourth-order valence-electron chi connectivity index (χ4n) is 2.07. The van der Waals surface area contributed by atoms with Gasteiger partial charge in [0.2, 0.25) is 0 Å². The Hall–Kier alpha value is -3.02. The van der Waals surface area contributed by atoms with Crippen LogP contribution in [0.5, 0.6) is 17.2 Å². The van der Waals surface area contributed by atoms with Gasteiger partial charge < -0.3 is 14.2 Å². The quantitative estimate of drug-likeness (QED) is 0.677. The van der Waals surface area contributed by atoms with Gasteiger partial charge in [-0.1, -0.05) is 24.3 Å². The number of fused-ring (bicyclic) bond motifs is 1. The van der Waals surface area contributed by atoms with E-state index in [1.807, 2.05) is 36.4 Å². The van der Waals surface area contributed by atoms with Crippen LogP contribution in [0.4, 0.5) is 0 Å². The molecule has 1 aliphatic rings. The fourth-order valence-corrected chi connectivity index (χ4v) is 2.07. The van der Waals surface area contributed by atoms with Gasteiger partial charge in [-0.2, -0.15) is 5.10 Å². The lowest BCUT2D eigenvalue weighted by Gasteiger charge is -2.19. The van der Waals surface area contributed by atoms with Gasteiger partial charge in [-0.25, -0.2) is 5.43 Å². The van der Waals surface area contributed by atoms with Gasteiger partial charge in [0, 0.05) is 5.56 Å². The number of benzene rings is 2. The summed E-state index contributed by atoms with van der Waals surface area (Å²) in [5, 5.41) is 3.92. The molecule has 0 aromatic heterocycles. The molecule has 23 heavy (non-hydrogen) atoms. The Morgan fingerprint density at radius 3 is 2.83 bits per heavy atom. The third kappa shape index (κ3) is 4.00. The Balaban J connectivity index is 1.54. The molecule has 2 aromatic rings. The topological polar surface area (TPSA) is 69.2 Å². The van der Waals surface area contributed by atoms with Crippen molar-refractivity contribution in [3.63, 3.8) is 0 Å². The summed E-state index contributed by atoms with van der Waals surface area (Å²) < 4.78 is 16.4. The number of hydrazone groups is 1. The van der Waals surface area contributed by atoms with Gasteiger partial charge in [-0.3, -0.25) is 4.79 Å². The van der Waals surface area contributed by atoms with E-state index in [-0.39, 0.29) is 12.5 Å². The van der Waals surface area contributed by atoms with Crippen molar-refractivity contribution in [3.8, 4) is 17.2 Å². The largest absolute Gasteiger partial charge is 0.486 e. The minimum Gasteiger partial charge on any atom is -0.486 e. The van der Waals surface area contributed by atoms with Crippen molar-refractivity contribution >= 4 is 12.1 Å². The summed E-state index contributed by atoms with van der Waals surface area (Å²) in [6, 6.07) is 14.6. The third-order valence-corrected chi connectivity index (χ3v) is 3.10. The molecule has 6 nitrogen and oxygen atoms in total. The standard InChI is InChI=1S/C17H16N2O4/c20-16(12-23-14-6-2-1-3-7-14)19-18-11-13-5-4-8-15-17(13)22-10-9-21-15/h1-8,11H,9-10,12H2,(H,19,20)/b18-11-. The second-order valence-electron chi connectivity index (χ2n) is 4.77. The van der Waals surface area contributed by atoms with E-state index in [9.17, 15) is 4.79 Å². The van der Waals surface area contributed by atoms with Crippen LogP contribution in [-0.2, 0) is 4.79 Å². The monoisotopic (exact) mass is 312 g/mol. The van der Waals surface area contributed by atoms with Crippen LogP contribution in [0, 0.1) is 0 Å². The lowest BCUT2D eigenvalue weighted by atomic mass is 10.2. The first-order chi connectivity index (χ1) is 11.3. The molecule has 1 aliphatic heterocycles. The Bertz CT molecular complexity index is 701. The average Bonchev–Trinajstić information content (AvgIpc) is 2.61. The van der Waals surface area contributed by atoms with E-state index >= 15 is 0 Å². The van der Waals surface area contributed by atoms with Crippen LogP contribution in [0.25, 0.3) is 0 Å². The SMILES string of the molecule is O=C(COc1ccccc1)N/N=C\c1cccc2c1OCCO2. The first-order valence-electron chi connectivity index (χ1n) is 7.21. The minimum absolute atomic E-state index is 0.103. The Morgan fingerprint density at radius 2 is 1.96 bits per heavy atom. The van der Waals surface area contributed by atoms with Gasteiger partial charge in [-0.15, -0.1) is 0 Å². The highest BCUT2D eigenvalue weighted by molar-refractivity contribution is 5.86. The van der Waals surface area contributed by atoms with Crippen molar-refractivity contribution in [2.75, 3.05) is 19.8 Å². The molecule has 1 heterocycles. The lowest BCUT2D eigenvalue weighted by Crippen LogP contribution is -2.24. The maximum absolute atomic E-state index is 11.7. The summed E-state index contributed by atoms with van der Waals surface area (Å²) >= 11 is 0. The molecule has 0 spiro atoms. The normalized spacial score (nSPS) is 12.9. The van der Waals surface area contributed by atoms with E-state index in [0.717, 1.165) is 5.56 Å². The molecule has 1 N–H and O–H groups in total. The number of amides is 1. The molecular weight excluding hydrogens is 296 g/mol. The van der Waals surface area contributed by atoms with E-state index < -0.39 is 0 Å². The van der Waals surface area contributed by atoms with E-state index in [4.69, 9.17) is 14.2 Å². The van der Waals surface area contributed by atoms with Crippen LogP contribution in [0.1, 0.15) is 5.56 Å². The highest BCUT2D eigenvalue weighted by Crippen LogP contribution is 2.32. The number of carbonyl (C=O) groups is 1. The van der Waals surface area contributed by atoms with Crippen molar-refractivity contribution in [1.82, 2.24) is 5.43 Å². The van der Waals surface area contributed by atoms with Crippen molar-refractivity contribution in [1.29, 1.82) is 0 Å². The Labute approximate surface area is 133 Å². The summed E-state index contributed by atoms with van der Waals surface area (Å²) in [6.07, 6.45) is 1.52. The number of nitrogens with one attached hydrogen (secondary N) is 1. The van der Waals surface area contributed by atoms with Crippen molar-refractivity contribution in [3.05, 3.63) is 54.1 Å². The zero-order valence-corrected chi connectivity index (χ0v) is 12.4. The molecule has 0 saturated carbocycles. The van der Waals surface area contributed by atoms with Crippen LogP contribution in [0.3, 0.4) is 0 Å². The molecule has 0 radical (unpaired) electrons. The van der Waals surface area contributed by atoms with Crippen LogP contribution >= 0.6 is 0 Å². The molecular formula is C17H16N2O4.